The van der Waals surface area contributed by atoms with Crippen LogP contribution in [0.25, 0.3) is 0 Å². The van der Waals surface area contributed by atoms with Crippen molar-refractivity contribution >= 4 is 5.91 Å². The smallest absolute Gasteiger partial charge is 0.220 e. The maximum Gasteiger partial charge on any atom is 0.220 e. The molecule has 2 heteroatoms. The Morgan fingerprint density at radius 3 is 2.67 bits per heavy atom. The Balaban J connectivity index is 1.45. The van der Waals surface area contributed by atoms with Crippen molar-refractivity contribution < 1.29 is 4.79 Å². The Morgan fingerprint density at radius 1 is 1.17 bits per heavy atom. The second kappa shape index (κ2) is 5.13. The van der Waals surface area contributed by atoms with Crippen molar-refractivity contribution in [2.45, 2.75) is 44.6 Å². The number of benzene rings is 1. The number of rotatable bonds is 4. The molecule has 1 N–H and O–H groups in total. The monoisotopic (exact) mass is 243 g/mol. The molecule has 0 saturated heterocycles. The number of amides is 1. The van der Waals surface area contributed by atoms with Gasteiger partial charge < -0.3 is 5.32 Å². The first-order valence-electron chi connectivity index (χ1n) is 7.14. The zero-order chi connectivity index (χ0) is 12.4. The summed E-state index contributed by atoms with van der Waals surface area (Å²) >= 11 is 0. The lowest BCUT2D eigenvalue weighted by molar-refractivity contribution is -0.122. The molecule has 2 nitrogen and oxygen atoms in total. The van der Waals surface area contributed by atoms with Crippen molar-refractivity contribution in [3.05, 3.63) is 35.9 Å². The molecule has 0 radical (unpaired) electrons. The van der Waals surface area contributed by atoms with Crippen molar-refractivity contribution in [3.63, 3.8) is 0 Å². The fraction of sp³-hybridized carbons (Fsp3) is 0.562. The number of hydrogen-bond donors (Lipinski definition) is 1. The first-order chi connectivity index (χ1) is 8.81. The topological polar surface area (TPSA) is 29.1 Å². The minimum atomic E-state index is 0.233. The predicted octanol–water partition coefficient (Wildman–Crippen LogP) is 2.92. The second-order valence-electron chi connectivity index (χ2n) is 5.83. The molecule has 3 rings (SSSR count). The molecule has 18 heavy (non-hydrogen) atoms. The number of fused-ring (bicyclic) bond motifs is 2. The van der Waals surface area contributed by atoms with Gasteiger partial charge in [0.1, 0.15) is 0 Å². The quantitative estimate of drug-likeness (QED) is 0.865. The maximum absolute atomic E-state index is 11.9. The summed E-state index contributed by atoms with van der Waals surface area (Å²) < 4.78 is 0. The van der Waals surface area contributed by atoms with Crippen molar-refractivity contribution in [3.8, 4) is 0 Å². The van der Waals surface area contributed by atoms with Crippen LogP contribution in [-0.4, -0.2) is 11.9 Å². The average molecular weight is 243 g/mol. The van der Waals surface area contributed by atoms with Crippen molar-refractivity contribution in [1.29, 1.82) is 0 Å². The van der Waals surface area contributed by atoms with E-state index in [1.807, 2.05) is 18.2 Å². The van der Waals surface area contributed by atoms with Crippen molar-refractivity contribution in [1.82, 2.24) is 5.32 Å². The summed E-state index contributed by atoms with van der Waals surface area (Å²) in [6.45, 7) is 0. The van der Waals surface area contributed by atoms with E-state index >= 15 is 0 Å². The van der Waals surface area contributed by atoms with Gasteiger partial charge in [0.15, 0.2) is 0 Å². The highest BCUT2D eigenvalue weighted by Gasteiger charge is 2.39. The zero-order valence-corrected chi connectivity index (χ0v) is 10.8. The summed E-state index contributed by atoms with van der Waals surface area (Å²) in [7, 11) is 0. The standard InChI is InChI=1S/C16H21NO/c18-16(9-7-12-4-2-1-3-5-12)17-15-11-13-6-8-14(15)10-13/h1-5,13-15H,6-11H2,(H,17,18)/t13-,14-,15-/m1/s1. The molecule has 0 aliphatic heterocycles. The van der Waals surface area contributed by atoms with E-state index in [9.17, 15) is 4.79 Å². The van der Waals surface area contributed by atoms with Gasteiger partial charge in [0.05, 0.1) is 0 Å². The third-order valence-electron chi connectivity index (χ3n) is 4.57. The Morgan fingerprint density at radius 2 is 2.00 bits per heavy atom. The van der Waals surface area contributed by atoms with Crippen molar-refractivity contribution in [2.75, 3.05) is 0 Å². The molecule has 0 heterocycles. The number of hydrogen-bond acceptors (Lipinski definition) is 1. The van der Waals surface area contributed by atoms with Crippen LogP contribution in [-0.2, 0) is 11.2 Å². The van der Waals surface area contributed by atoms with Gasteiger partial charge in [0.25, 0.3) is 0 Å². The average Bonchev–Trinajstić information content (AvgIpc) is 3.00. The molecular formula is C16H21NO. The summed E-state index contributed by atoms with van der Waals surface area (Å²) in [5, 5.41) is 3.24. The normalized spacial score (nSPS) is 29.4. The van der Waals surface area contributed by atoms with Gasteiger partial charge in [0.2, 0.25) is 5.91 Å². The lowest BCUT2D eigenvalue weighted by atomic mass is 9.95. The fourth-order valence-corrected chi connectivity index (χ4v) is 3.60. The van der Waals surface area contributed by atoms with Crippen LogP contribution in [0.1, 0.15) is 37.7 Å². The minimum absolute atomic E-state index is 0.233. The molecule has 1 amide bonds. The molecule has 0 aromatic heterocycles. The minimum Gasteiger partial charge on any atom is -0.353 e. The second-order valence-corrected chi connectivity index (χ2v) is 5.83. The van der Waals surface area contributed by atoms with Gasteiger partial charge in [-0.3, -0.25) is 4.79 Å². The fourth-order valence-electron chi connectivity index (χ4n) is 3.60. The Bertz CT molecular complexity index is 414. The molecule has 1 aromatic rings. The van der Waals surface area contributed by atoms with E-state index < -0.39 is 0 Å². The molecule has 96 valence electrons. The highest BCUT2D eigenvalue weighted by atomic mass is 16.1. The van der Waals surface area contributed by atoms with Crippen LogP contribution in [0.2, 0.25) is 0 Å². The third-order valence-corrected chi connectivity index (χ3v) is 4.57. The molecule has 0 unspecified atom stereocenters. The zero-order valence-electron chi connectivity index (χ0n) is 10.8. The predicted molar refractivity (Wildman–Crippen MR) is 72.1 cm³/mol. The van der Waals surface area contributed by atoms with Crippen LogP contribution in [0.15, 0.2) is 30.3 Å². The molecule has 2 aliphatic carbocycles. The van der Waals surface area contributed by atoms with E-state index in [0.717, 1.165) is 18.3 Å². The molecule has 0 spiro atoms. The van der Waals surface area contributed by atoms with E-state index in [1.54, 1.807) is 0 Å². The Labute approximate surface area is 109 Å². The molecule has 2 aliphatic rings. The van der Waals surface area contributed by atoms with Gasteiger partial charge in [0, 0.05) is 12.5 Å². The van der Waals surface area contributed by atoms with Crippen LogP contribution in [0.4, 0.5) is 0 Å². The summed E-state index contributed by atoms with van der Waals surface area (Å²) in [4.78, 5) is 11.9. The highest BCUT2D eigenvalue weighted by molar-refractivity contribution is 5.76. The maximum atomic E-state index is 11.9. The Kier molecular flexibility index (Phi) is 3.35. The molecular weight excluding hydrogens is 222 g/mol. The molecule has 1 aromatic carbocycles. The van der Waals surface area contributed by atoms with E-state index in [1.165, 1.54) is 31.2 Å². The van der Waals surface area contributed by atoms with Crippen LogP contribution >= 0.6 is 0 Å². The van der Waals surface area contributed by atoms with Gasteiger partial charge in [-0.25, -0.2) is 0 Å². The molecule has 2 bridgehead atoms. The highest BCUT2D eigenvalue weighted by Crippen LogP contribution is 2.44. The number of aryl methyl sites for hydroxylation is 1. The van der Waals surface area contributed by atoms with Crippen LogP contribution < -0.4 is 5.32 Å². The van der Waals surface area contributed by atoms with Gasteiger partial charge in [-0.2, -0.15) is 0 Å². The van der Waals surface area contributed by atoms with E-state index in [-0.39, 0.29) is 5.91 Å². The lowest BCUT2D eigenvalue weighted by Crippen LogP contribution is -2.38. The molecule has 3 atom stereocenters. The molecule has 2 fully saturated rings. The van der Waals surface area contributed by atoms with Crippen molar-refractivity contribution in [2.24, 2.45) is 11.8 Å². The first-order valence-corrected chi connectivity index (χ1v) is 7.14. The van der Waals surface area contributed by atoms with Gasteiger partial charge in [-0.1, -0.05) is 36.8 Å². The van der Waals surface area contributed by atoms with Crippen LogP contribution in [0, 0.1) is 11.8 Å². The largest absolute Gasteiger partial charge is 0.353 e. The summed E-state index contributed by atoms with van der Waals surface area (Å²) in [6, 6.07) is 10.7. The third kappa shape index (κ3) is 2.58. The SMILES string of the molecule is O=C(CCc1ccccc1)N[C@@H]1C[C@@H]2CC[C@@H]1C2. The van der Waals surface area contributed by atoms with Gasteiger partial charge in [-0.15, -0.1) is 0 Å². The van der Waals surface area contributed by atoms with E-state index in [4.69, 9.17) is 0 Å². The van der Waals surface area contributed by atoms with Gasteiger partial charge in [-0.05, 0) is 43.1 Å². The van der Waals surface area contributed by atoms with E-state index in [2.05, 4.69) is 17.4 Å². The summed E-state index contributed by atoms with van der Waals surface area (Å²) in [5.41, 5.74) is 1.25. The Hall–Kier alpha value is -1.31. The first kappa shape index (κ1) is 11.8. The summed E-state index contributed by atoms with van der Waals surface area (Å²) in [6.07, 6.45) is 6.77. The van der Waals surface area contributed by atoms with Gasteiger partial charge >= 0.3 is 0 Å². The number of carbonyl (C=O) groups excluding carboxylic acids is 1. The molecule has 2 saturated carbocycles. The number of carbonyl (C=O) groups is 1. The van der Waals surface area contributed by atoms with Crippen LogP contribution in [0.5, 0.6) is 0 Å². The lowest BCUT2D eigenvalue weighted by Gasteiger charge is -2.22. The van der Waals surface area contributed by atoms with E-state index in [0.29, 0.717) is 12.5 Å². The van der Waals surface area contributed by atoms with Crippen LogP contribution in [0.3, 0.4) is 0 Å². The number of nitrogens with one attached hydrogen (secondary N) is 1. The summed E-state index contributed by atoms with van der Waals surface area (Å²) in [5.74, 6) is 1.90.